The van der Waals surface area contributed by atoms with Crippen LogP contribution in [0.25, 0.3) is 0 Å². The van der Waals surface area contributed by atoms with Crippen molar-refractivity contribution in [1.82, 2.24) is 5.32 Å². The Balaban J connectivity index is 1.91. The third-order valence-electron chi connectivity index (χ3n) is 2.34. The van der Waals surface area contributed by atoms with E-state index in [1.807, 2.05) is 0 Å². The van der Waals surface area contributed by atoms with E-state index < -0.39 is 0 Å². The normalized spacial score (nSPS) is 24.2. The topological polar surface area (TPSA) is 21.3 Å². The molecule has 12 heavy (non-hydrogen) atoms. The molecule has 0 bridgehead atoms. The number of rotatable bonds is 5. The van der Waals surface area contributed by atoms with Crippen LogP contribution in [0.4, 0.5) is 0 Å². The lowest BCUT2D eigenvalue weighted by Gasteiger charge is -2.22. The van der Waals surface area contributed by atoms with Crippen LogP contribution in [0.5, 0.6) is 0 Å². The van der Waals surface area contributed by atoms with Crippen molar-refractivity contribution in [1.29, 1.82) is 0 Å². The molecule has 1 unspecified atom stereocenters. The quantitative estimate of drug-likeness (QED) is 0.638. The predicted molar refractivity (Wildman–Crippen MR) is 51.4 cm³/mol. The maximum Gasteiger partial charge on any atom is 0.0587 e. The molecule has 1 heterocycles. The van der Waals surface area contributed by atoms with Crippen molar-refractivity contribution >= 4 is 0 Å². The summed E-state index contributed by atoms with van der Waals surface area (Å²) in [6, 6.07) is 0. The summed E-state index contributed by atoms with van der Waals surface area (Å²) in [5.41, 5.74) is 0. The molecule has 0 amide bonds. The molecule has 0 aromatic heterocycles. The molecule has 0 aromatic carbocycles. The van der Waals surface area contributed by atoms with Crippen molar-refractivity contribution in [2.24, 2.45) is 0 Å². The Kier molecular flexibility index (Phi) is 5.37. The van der Waals surface area contributed by atoms with E-state index in [9.17, 15) is 0 Å². The average Bonchev–Trinajstić information content (AvgIpc) is 2.14. The van der Waals surface area contributed by atoms with E-state index in [0.29, 0.717) is 6.10 Å². The SMILES string of the molecule is CCCNCCC1CCCCO1. The molecule has 1 N–H and O–H groups in total. The first-order valence-electron chi connectivity index (χ1n) is 5.26. The molecule has 72 valence electrons. The van der Waals surface area contributed by atoms with Gasteiger partial charge in [0.2, 0.25) is 0 Å². The molecule has 2 heteroatoms. The Morgan fingerprint density at radius 3 is 2.92 bits per heavy atom. The van der Waals surface area contributed by atoms with Crippen LogP contribution in [0.15, 0.2) is 0 Å². The van der Waals surface area contributed by atoms with Crippen molar-refractivity contribution in [2.45, 2.75) is 45.1 Å². The Hall–Kier alpha value is -0.0800. The van der Waals surface area contributed by atoms with E-state index in [0.717, 1.165) is 19.7 Å². The highest BCUT2D eigenvalue weighted by molar-refractivity contribution is 4.64. The maximum atomic E-state index is 5.62. The van der Waals surface area contributed by atoms with E-state index >= 15 is 0 Å². The van der Waals surface area contributed by atoms with Crippen molar-refractivity contribution in [3.8, 4) is 0 Å². The van der Waals surface area contributed by atoms with Gasteiger partial charge in [0.25, 0.3) is 0 Å². The minimum atomic E-state index is 0.545. The average molecular weight is 171 g/mol. The van der Waals surface area contributed by atoms with Gasteiger partial charge >= 0.3 is 0 Å². The van der Waals surface area contributed by atoms with Crippen LogP contribution in [-0.4, -0.2) is 25.8 Å². The lowest BCUT2D eigenvalue weighted by Crippen LogP contribution is -2.25. The van der Waals surface area contributed by atoms with Crippen LogP contribution in [0.3, 0.4) is 0 Å². The predicted octanol–water partition coefficient (Wildman–Crippen LogP) is 1.95. The van der Waals surface area contributed by atoms with Gasteiger partial charge in [-0.15, -0.1) is 0 Å². The third-order valence-corrected chi connectivity index (χ3v) is 2.34. The van der Waals surface area contributed by atoms with Gasteiger partial charge in [-0.05, 0) is 45.2 Å². The summed E-state index contributed by atoms with van der Waals surface area (Å²) in [5, 5.41) is 3.40. The fraction of sp³-hybridized carbons (Fsp3) is 1.00. The van der Waals surface area contributed by atoms with Gasteiger partial charge in [-0.2, -0.15) is 0 Å². The standard InChI is InChI=1S/C10H21NO/c1-2-7-11-8-6-10-5-3-4-9-12-10/h10-11H,2-9H2,1H3. The van der Waals surface area contributed by atoms with Crippen molar-refractivity contribution in [3.63, 3.8) is 0 Å². The number of hydrogen-bond acceptors (Lipinski definition) is 2. The summed E-state index contributed by atoms with van der Waals surface area (Å²) in [6.07, 6.45) is 6.86. The lowest BCUT2D eigenvalue weighted by molar-refractivity contribution is 0.0116. The summed E-state index contributed by atoms with van der Waals surface area (Å²) in [7, 11) is 0. The maximum absolute atomic E-state index is 5.62. The second kappa shape index (κ2) is 6.44. The molecule has 0 aliphatic carbocycles. The van der Waals surface area contributed by atoms with Crippen molar-refractivity contribution in [2.75, 3.05) is 19.7 Å². The fourth-order valence-electron chi connectivity index (χ4n) is 1.60. The summed E-state index contributed by atoms with van der Waals surface area (Å²) in [6.45, 7) is 5.45. The van der Waals surface area contributed by atoms with Crippen LogP contribution in [-0.2, 0) is 4.74 Å². The van der Waals surface area contributed by atoms with Gasteiger partial charge < -0.3 is 10.1 Å². The van der Waals surface area contributed by atoms with E-state index in [1.54, 1.807) is 0 Å². The Bertz CT molecular complexity index is 100. The first-order valence-corrected chi connectivity index (χ1v) is 5.26. The van der Waals surface area contributed by atoms with Crippen molar-refractivity contribution in [3.05, 3.63) is 0 Å². The zero-order valence-electron chi connectivity index (χ0n) is 8.14. The molecular weight excluding hydrogens is 150 g/mol. The molecule has 0 aromatic rings. The van der Waals surface area contributed by atoms with Crippen LogP contribution >= 0.6 is 0 Å². The summed E-state index contributed by atoms with van der Waals surface area (Å²) in [5.74, 6) is 0. The molecular formula is C10H21NO. The summed E-state index contributed by atoms with van der Waals surface area (Å²) < 4.78 is 5.62. The first-order chi connectivity index (χ1) is 5.93. The number of ether oxygens (including phenoxy) is 1. The fourth-order valence-corrected chi connectivity index (χ4v) is 1.60. The molecule has 0 spiro atoms. The van der Waals surface area contributed by atoms with Gasteiger partial charge in [0.1, 0.15) is 0 Å². The molecule has 1 aliphatic heterocycles. The largest absolute Gasteiger partial charge is 0.378 e. The molecule has 2 nitrogen and oxygen atoms in total. The molecule has 1 saturated heterocycles. The summed E-state index contributed by atoms with van der Waals surface area (Å²) in [4.78, 5) is 0. The van der Waals surface area contributed by atoms with Crippen LogP contribution in [0.1, 0.15) is 39.0 Å². The lowest BCUT2D eigenvalue weighted by atomic mass is 10.1. The van der Waals surface area contributed by atoms with E-state index in [-0.39, 0.29) is 0 Å². The first kappa shape index (κ1) is 10.0. The minimum Gasteiger partial charge on any atom is -0.378 e. The van der Waals surface area contributed by atoms with Gasteiger partial charge in [0.05, 0.1) is 6.10 Å². The van der Waals surface area contributed by atoms with Gasteiger partial charge in [-0.1, -0.05) is 6.92 Å². The van der Waals surface area contributed by atoms with E-state index in [2.05, 4.69) is 12.2 Å². The van der Waals surface area contributed by atoms with Crippen LogP contribution in [0, 0.1) is 0 Å². The van der Waals surface area contributed by atoms with Crippen LogP contribution < -0.4 is 5.32 Å². The van der Waals surface area contributed by atoms with Gasteiger partial charge in [-0.3, -0.25) is 0 Å². The van der Waals surface area contributed by atoms with Gasteiger partial charge in [-0.25, -0.2) is 0 Å². The zero-order chi connectivity index (χ0) is 8.65. The second-order valence-corrected chi connectivity index (χ2v) is 3.53. The minimum absolute atomic E-state index is 0.545. The zero-order valence-corrected chi connectivity index (χ0v) is 8.14. The van der Waals surface area contributed by atoms with E-state index in [4.69, 9.17) is 4.74 Å². The monoisotopic (exact) mass is 171 g/mol. The third kappa shape index (κ3) is 4.07. The molecule has 1 fully saturated rings. The molecule has 1 atom stereocenters. The van der Waals surface area contributed by atoms with Crippen LogP contribution in [0.2, 0.25) is 0 Å². The highest BCUT2D eigenvalue weighted by Crippen LogP contribution is 2.14. The van der Waals surface area contributed by atoms with Crippen molar-refractivity contribution < 1.29 is 4.74 Å². The Labute approximate surface area is 75.7 Å². The van der Waals surface area contributed by atoms with Gasteiger partial charge in [0, 0.05) is 6.61 Å². The molecule has 1 rings (SSSR count). The number of hydrogen-bond donors (Lipinski definition) is 1. The second-order valence-electron chi connectivity index (χ2n) is 3.53. The number of nitrogens with one attached hydrogen (secondary N) is 1. The Morgan fingerprint density at radius 2 is 2.25 bits per heavy atom. The molecule has 0 saturated carbocycles. The van der Waals surface area contributed by atoms with E-state index in [1.165, 1.54) is 32.1 Å². The molecule has 0 radical (unpaired) electrons. The van der Waals surface area contributed by atoms with Gasteiger partial charge in [0.15, 0.2) is 0 Å². The highest BCUT2D eigenvalue weighted by Gasteiger charge is 2.12. The smallest absolute Gasteiger partial charge is 0.0587 e. The highest BCUT2D eigenvalue weighted by atomic mass is 16.5. The summed E-state index contributed by atoms with van der Waals surface area (Å²) >= 11 is 0. The molecule has 1 aliphatic rings. The Morgan fingerprint density at radius 1 is 1.33 bits per heavy atom.